The van der Waals surface area contributed by atoms with E-state index in [2.05, 4.69) is 458 Å². The van der Waals surface area contributed by atoms with Crippen molar-refractivity contribution in [3.63, 3.8) is 0 Å². The van der Waals surface area contributed by atoms with Gasteiger partial charge >= 0.3 is 0 Å². The van der Waals surface area contributed by atoms with Crippen molar-refractivity contribution in [1.29, 1.82) is 0 Å². The highest BCUT2D eigenvalue weighted by molar-refractivity contribution is 6.09. The molecule has 0 fully saturated rings. The zero-order valence-corrected chi connectivity index (χ0v) is 61.6. The van der Waals surface area contributed by atoms with Crippen molar-refractivity contribution in [2.45, 2.75) is 10.8 Å². The van der Waals surface area contributed by atoms with Gasteiger partial charge in [0.25, 0.3) is 0 Å². The lowest BCUT2D eigenvalue weighted by molar-refractivity contribution is 0.767. The van der Waals surface area contributed by atoms with Crippen LogP contribution in [0.15, 0.2) is 449 Å². The Morgan fingerprint density at radius 2 is 0.464 bits per heavy atom. The molecule has 0 atom stereocenters. The fourth-order valence-electron chi connectivity index (χ4n) is 18.7. The fraction of sp³-hybridized carbons (Fsp3) is 0.0182. The van der Waals surface area contributed by atoms with Crippen molar-refractivity contribution in [3.8, 4) is 100 Å². The van der Waals surface area contributed by atoms with Gasteiger partial charge in [-0.25, -0.2) is 0 Å². The van der Waals surface area contributed by atoms with E-state index < -0.39 is 10.8 Å². The highest BCUT2D eigenvalue weighted by Gasteiger charge is 2.48. The second-order valence-corrected chi connectivity index (χ2v) is 29.8. The molecular formula is C110H74N2. The van der Waals surface area contributed by atoms with Crippen LogP contribution in [-0.4, -0.2) is 9.13 Å². The monoisotopic (exact) mass is 1420 g/mol. The summed E-state index contributed by atoms with van der Waals surface area (Å²) < 4.78 is 4.82. The van der Waals surface area contributed by atoms with Crippen molar-refractivity contribution in [1.82, 2.24) is 9.13 Å². The Morgan fingerprint density at radius 1 is 0.161 bits per heavy atom. The van der Waals surface area contributed by atoms with Crippen molar-refractivity contribution in [2.75, 3.05) is 0 Å². The molecule has 2 aromatic heterocycles. The van der Waals surface area contributed by atoms with Gasteiger partial charge < -0.3 is 9.13 Å². The van der Waals surface area contributed by atoms with Crippen LogP contribution < -0.4 is 0 Å². The molecule has 0 spiro atoms. The van der Waals surface area contributed by atoms with Crippen LogP contribution in [0.2, 0.25) is 0 Å². The smallest absolute Gasteiger partial charge is 0.0714 e. The highest BCUT2D eigenvalue weighted by Crippen LogP contribution is 2.60. The third-order valence-corrected chi connectivity index (χ3v) is 23.8. The SMILES string of the molecule is c1ccc(-c2ccc3c(c2)C(c2ccccc2)(c2ccccc2)c2cc(-n4cc(-c5cccc6ccccc56)c5cc(-c6cccc7ccccc67)ccc54)ccc2-3)cc1.c1ccc(-c2ccc3c(c2)C(c2ccccc2)(c2ccccc2)c2cc(-n4cc(-c5ccccc5)c5cc(-c6ccccc6)ccc54)ccc2-3)cc1. The van der Waals surface area contributed by atoms with Crippen molar-refractivity contribution in [2.24, 2.45) is 0 Å². The first-order valence-electron chi connectivity index (χ1n) is 38.8. The second kappa shape index (κ2) is 27.3. The molecule has 0 saturated carbocycles. The second-order valence-electron chi connectivity index (χ2n) is 29.8. The van der Waals surface area contributed by atoms with Gasteiger partial charge in [-0.1, -0.05) is 376 Å². The topological polar surface area (TPSA) is 9.86 Å². The van der Waals surface area contributed by atoms with Gasteiger partial charge in [0, 0.05) is 45.7 Å². The zero-order chi connectivity index (χ0) is 74.1. The normalized spacial score (nSPS) is 12.8. The minimum absolute atomic E-state index is 0.514. The first kappa shape index (κ1) is 65.8. The predicted molar refractivity (Wildman–Crippen MR) is 469 cm³/mol. The molecule has 0 amide bonds. The van der Waals surface area contributed by atoms with Crippen LogP contribution in [0.5, 0.6) is 0 Å². The van der Waals surface area contributed by atoms with Gasteiger partial charge in [-0.05, 0) is 205 Å². The molecule has 2 aliphatic rings. The minimum Gasteiger partial charge on any atom is -0.316 e. The largest absolute Gasteiger partial charge is 0.316 e. The van der Waals surface area contributed by atoms with Gasteiger partial charge in [0.1, 0.15) is 0 Å². The molecule has 112 heavy (non-hydrogen) atoms. The average molecular weight is 1420 g/mol. The van der Waals surface area contributed by atoms with E-state index in [1.807, 2.05) is 0 Å². The van der Waals surface area contributed by atoms with E-state index in [4.69, 9.17) is 0 Å². The van der Waals surface area contributed by atoms with Crippen LogP contribution in [0, 0.1) is 0 Å². The van der Waals surface area contributed by atoms with Crippen molar-refractivity contribution >= 4 is 43.4 Å². The van der Waals surface area contributed by atoms with Gasteiger partial charge in [0.2, 0.25) is 0 Å². The Hall–Kier alpha value is -14.4. The molecule has 2 heterocycles. The Kier molecular flexibility index (Phi) is 16.1. The maximum absolute atomic E-state index is 2.47. The lowest BCUT2D eigenvalue weighted by atomic mass is 9.67. The highest BCUT2D eigenvalue weighted by atomic mass is 15.0. The lowest BCUT2D eigenvalue weighted by Crippen LogP contribution is -2.28. The van der Waals surface area contributed by atoms with Gasteiger partial charge in [-0.2, -0.15) is 0 Å². The standard InChI is InChI=1S/C59H39N.C51H35N/c1-4-16-40(17-5-1)43-30-33-52-53-34-32-47(38-57(53)59(56(52)37-43,45-22-6-2-7-23-45)46-24-8-3-9-25-46)60-39-55(51-29-15-21-42-19-11-13-27-49(42)51)54-36-44(31-35-58(54)60)50-28-14-20-41-18-10-12-26-48(41)50;1-6-16-36(17-7-1)39-27-31-50-46(32-39)47(38-20-10-3-11-21-38)35-52(50)43-28-30-45-44-29-26-40(37-18-8-2-9-19-37)33-48(44)51(49(45)34-43,41-22-12-4-13-23-41)42-24-14-5-15-25-42/h1-39H;1-35H. The molecule has 20 aromatic rings. The molecule has 2 aliphatic carbocycles. The Morgan fingerprint density at radius 3 is 0.902 bits per heavy atom. The van der Waals surface area contributed by atoms with Crippen molar-refractivity contribution in [3.05, 3.63) is 494 Å². The zero-order valence-electron chi connectivity index (χ0n) is 61.6. The summed E-state index contributed by atoms with van der Waals surface area (Å²) in [5.74, 6) is 0. The third kappa shape index (κ3) is 10.8. The summed E-state index contributed by atoms with van der Waals surface area (Å²) >= 11 is 0. The van der Waals surface area contributed by atoms with E-state index in [-0.39, 0.29) is 0 Å². The molecule has 0 unspecified atom stereocenters. The molecule has 0 bridgehead atoms. The molecule has 0 saturated heterocycles. The molecule has 2 nitrogen and oxygen atoms in total. The summed E-state index contributed by atoms with van der Waals surface area (Å²) in [5, 5.41) is 7.46. The summed E-state index contributed by atoms with van der Waals surface area (Å²) in [6.07, 6.45) is 4.71. The first-order valence-corrected chi connectivity index (χ1v) is 38.8. The van der Waals surface area contributed by atoms with E-state index in [0.717, 1.165) is 11.4 Å². The maximum Gasteiger partial charge on any atom is 0.0714 e. The van der Waals surface area contributed by atoms with Gasteiger partial charge in [0.15, 0.2) is 0 Å². The Labute approximate surface area is 653 Å². The summed E-state index contributed by atoms with van der Waals surface area (Å²) in [6, 6.07) is 161. The summed E-state index contributed by atoms with van der Waals surface area (Å²) in [7, 11) is 0. The Bertz CT molecular complexity index is 6850. The quantitative estimate of drug-likeness (QED) is 0.115. The van der Waals surface area contributed by atoms with Crippen LogP contribution in [-0.2, 0) is 10.8 Å². The van der Waals surface area contributed by atoms with E-state index in [0.29, 0.717) is 0 Å². The van der Waals surface area contributed by atoms with Gasteiger partial charge in [-0.3, -0.25) is 0 Å². The molecule has 2 heteroatoms. The third-order valence-electron chi connectivity index (χ3n) is 23.8. The molecule has 18 aromatic carbocycles. The fourth-order valence-corrected chi connectivity index (χ4v) is 18.7. The first-order chi connectivity index (χ1) is 55.5. The number of hydrogen-bond acceptors (Lipinski definition) is 0. The average Bonchev–Trinajstić information content (AvgIpc) is 1.53. The van der Waals surface area contributed by atoms with E-state index >= 15 is 0 Å². The number of aromatic nitrogens is 2. The number of rotatable bonds is 12. The molecular weight excluding hydrogens is 1350 g/mol. The number of nitrogens with zero attached hydrogens (tertiary/aromatic N) is 2. The van der Waals surface area contributed by atoms with Crippen LogP contribution in [0.4, 0.5) is 0 Å². The van der Waals surface area contributed by atoms with Crippen LogP contribution in [0.25, 0.3) is 144 Å². The van der Waals surface area contributed by atoms with Crippen LogP contribution in [0.1, 0.15) is 44.5 Å². The van der Waals surface area contributed by atoms with Gasteiger partial charge in [-0.15, -0.1) is 0 Å². The van der Waals surface area contributed by atoms with E-state index in [9.17, 15) is 0 Å². The van der Waals surface area contributed by atoms with Crippen LogP contribution >= 0.6 is 0 Å². The summed E-state index contributed by atoms with van der Waals surface area (Å²) in [4.78, 5) is 0. The van der Waals surface area contributed by atoms with E-state index in [1.54, 1.807) is 0 Å². The van der Waals surface area contributed by atoms with Gasteiger partial charge in [0.05, 0.1) is 21.9 Å². The van der Waals surface area contributed by atoms with E-state index in [1.165, 1.54) is 177 Å². The lowest BCUT2D eigenvalue weighted by Gasteiger charge is -2.34. The van der Waals surface area contributed by atoms with Crippen LogP contribution in [0.3, 0.4) is 0 Å². The number of benzene rings is 18. The molecule has 524 valence electrons. The Balaban J connectivity index is 0.000000143. The summed E-state index contributed by atoms with van der Waals surface area (Å²) in [5.41, 5.74) is 33.6. The minimum atomic E-state index is -0.545. The number of fused-ring (bicyclic) bond motifs is 10. The molecule has 0 N–H and O–H groups in total. The number of hydrogen-bond donors (Lipinski definition) is 0. The maximum atomic E-state index is 2.47. The molecule has 0 radical (unpaired) electrons. The van der Waals surface area contributed by atoms with Crippen molar-refractivity contribution < 1.29 is 0 Å². The molecule has 0 aliphatic heterocycles. The predicted octanol–water partition coefficient (Wildman–Crippen LogP) is 28.3. The molecule has 22 rings (SSSR count). The summed E-state index contributed by atoms with van der Waals surface area (Å²) in [6.45, 7) is 0.